The Morgan fingerprint density at radius 3 is 3.07 bits per heavy atom. The minimum absolute atomic E-state index is 0.155. The standard InChI is InChI=1S/C8H10N2O4/c1-2-13-5-7-10-9-6(14-7)3-4-8(11)12/h3-4H,2,5H2,1H3,(H,11,12)/b4-3+. The monoisotopic (exact) mass is 198 g/mol. The molecule has 0 aromatic carbocycles. The number of ether oxygens (including phenoxy) is 1. The zero-order valence-electron chi connectivity index (χ0n) is 7.64. The van der Waals surface area contributed by atoms with Crippen molar-refractivity contribution in [3.05, 3.63) is 17.9 Å². The van der Waals surface area contributed by atoms with E-state index in [4.69, 9.17) is 14.3 Å². The zero-order valence-corrected chi connectivity index (χ0v) is 7.64. The molecule has 1 aromatic heterocycles. The van der Waals surface area contributed by atoms with Gasteiger partial charge in [0.15, 0.2) is 0 Å². The average Bonchev–Trinajstić information content (AvgIpc) is 2.59. The van der Waals surface area contributed by atoms with Crippen LogP contribution in [0.4, 0.5) is 0 Å². The highest BCUT2D eigenvalue weighted by Crippen LogP contribution is 2.02. The van der Waals surface area contributed by atoms with Crippen molar-refractivity contribution in [2.75, 3.05) is 6.61 Å². The molecular formula is C8H10N2O4. The van der Waals surface area contributed by atoms with Crippen LogP contribution in [-0.4, -0.2) is 27.9 Å². The van der Waals surface area contributed by atoms with Gasteiger partial charge in [-0.3, -0.25) is 0 Å². The molecule has 0 aliphatic carbocycles. The van der Waals surface area contributed by atoms with Gasteiger partial charge < -0.3 is 14.3 Å². The molecule has 14 heavy (non-hydrogen) atoms. The third-order valence-corrected chi connectivity index (χ3v) is 1.28. The maximum atomic E-state index is 10.2. The second kappa shape index (κ2) is 5.13. The maximum absolute atomic E-state index is 10.2. The molecule has 0 spiro atoms. The molecule has 1 aromatic rings. The fraction of sp³-hybridized carbons (Fsp3) is 0.375. The lowest BCUT2D eigenvalue weighted by molar-refractivity contribution is -0.131. The summed E-state index contributed by atoms with van der Waals surface area (Å²) in [5.74, 6) is -0.575. The molecule has 6 nitrogen and oxygen atoms in total. The second-order valence-corrected chi connectivity index (χ2v) is 2.34. The Labute approximate surface area is 80.2 Å². The van der Waals surface area contributed by atoms with Gasteiger partial charge >= 0.3 is 5.97 Å². The van der Waals surface area contributed by atoms with Crippen molar-refractivity contribution in [1.82, 2.24) is 10.2 Å². The Morgan fingerprint density at radius 1 is 1.64 bits per heavy atom. The van der Waals surface area contributed by atoms with E-state index in [9.17, 15) is 4.79 Å². The van der Waals surface area contributed by atoms with E-state index in [1.165, 1.54) is 6.08 Å². The summed E-state index contributed by atoms with van der Waals surface area (Å²) < 4.78 is 10.1. The lowest BCUT2D eigenvalue weighted by Gasteiger charge is -1.92. The second-order valence-electron chi connectivity index (χ2n) is 2.34. The summed E-state index contributed by atoms with van der Waals surface area (Å²) in [7, 11) is 0. The molecule has 1 rings (SSSR count). The van der Waals surface area contributed by atoms with E-state index in [1.807, 2.05) is 6.92 Å². The van der Waals surface area contributed by atoms with Gasteiger partial charge in [-0.25, -0.2) is 4.79 Å². The van der Waals surface area contributed by atoms with E-state index in [2.05, 4.69) is 10.2 Å². The van der Waals surface area contributed by atoms with Crippen LogP contribution in [0.1, 0.15) is 18.7 Å². The summed E-state index contributed by atoms with van der Waals surface area (Å²) in [6.45, 7) is 2.65. The Morgan fingerprint density at radius 2 is 2.43 bits per heavy atom. The summed E-state index contributed by atoms with van der Waals surface area (Å²) in [5, 5.41) is 15.6. The van der Waals surface area contributed by atoms with Crippen LogP contribution in [0.5, 0.6) is 0 Å². The van der Waals surface area contributed by atoms with Gasteiger partial charge in [-0.05, 0) is 6.92 Å². The molecule has 0 saturated carbocycles. The molecule has 0 fully saturated rings. The van der Waals surface area contributed by atoms with Gasteiger partial charge in [0.25, 0.3) is 0 Å². The largest absolute Gasteiger partial charge is 0.478 e. The number of carbonyl (C=O) groups is 1. The van der Waals surface area contributed by atoms with Crippen LogP contribution in [0.15, 0.2) is 10.5 Å². The van der Waals surface area contributed by atoms with Crippen LogP contribution < -0.4 is 0 Å². The predicted octanol–water partition coefficient (Wildman–Crippen LogP) is 0.704. The quantitative estimate of drug-likeness (QED) is 0.701. The van der Waals surface area contributed by atoms with Crippen molar-refractivity contribution in [3.63, 3.8) is 0 Å². The Kier molecular flexibility index (Phi) is 3.81. The lowest BCUT2D eigenvalue weighted by atomic mass is 10.5. The van der Waals surface area contributed by atoms with E-state index < -0.39 is 5.97 Å². The van der Waals surface area contributed by atoms with Crippen molar-refractivity contribution >= 4 is 12.0 Å². The first-order valence-corrected chi connectivity index (χ1v) is 4.03. The average molecular weight is 198 g/mol. The minimum atomic E-state index is -1.06. The molecule has 0 saturated heterocycles. The minimum Gasteiger partial charge on any atom is -0.478 e. The smallest absolute Gasteiger partial charge is 0.328 e. The van der Waals surface area contributed by atoms with Crippen molar-refractivity contribution in [3.8, 4) is 0 Å². The number of carboxylic acid groups (broad SMARTS) is 1. The number of carboxylic acids is 1. The van der Waals surface area contributed by atoms with Crippen molar-refractivity contribution in [2.24, 2.45) is 0 Å². The number of aliphatic carboxylic acids is 1. The molecule has 0 atom stereocenters. The van der Waals surface area contributed by atoms with E-state index in [0.29, 0.717) is 12.5 Å². The third kappa shape index (κ3) is 3.36. The normalized spacial score (nSPS) is 10.9. The first kappa shape index (κ1) is 10.4. The third-order valence-electron chi connectivity index (χ3n) is 1.28. The molecule has 0 amide bonds. The predicted molar refractivity (Wildman–Crippen MR) is 46.3 cm³/mol. The summed E-state index contributed by atoms with van der Waals surface area (Å²) >= 11 is 0. The first-order chi connectivity index (χ1) is 6.72. The van der Waals surface area contributed by atoms with Gasteiger partial charge in [0.2, 0.25) is 11.8 Å². The van der Waals surface area contributed by atoms with Gasteiger partial charge in [0.05, 0.1) is 0 Å². The van der Waals surface area contributed by atoms with Gasteiger partial charge in [-0.15, -0.1) is 10.2 Å². The van der Waals surface area contributed by atoms with Crippen LogP contribution in [0.3, 0.4) is 0 Å². The zero-order chi connectivity index (χ0) is 10.4. The number of hydrogen-bond acceptors (Lipinski definition) is 5. The van der Waals surface area contributed by atoms with Crippen LogP contribution in [0.25, 0.3) is 6.08 Å². The molecule has 0 bridgehead atoms. The van der Waals surface area contributed by atoms with Gasteiger partial charge in [0.1, 0.15) is 6.61 Å². The summed E-state index contributed by atoms with van der Waals surface area (Å²) in [5.41, 5.74) is 0. The van der Waals surface area contributed by atoms with Crippen LogP contribution >= 0.6 is 0 Å². The van der Waals surface area contributed by atoms with E-state index in [1.54, 1.807) is 0 Å². The summed E-state index contributed by atoms with van der Waals surface area (Å²) in [6, 6.07) is 0. The van der Waals surface area contributed by atoms with Crippen molar-refractivity contribution in [1.29, 1.82) is 0 Å². The molecule has 1 heterocycles. The maximum Gasteiger partial charge on any atom is 0.328 e. The highest BCUT2D eigenvalue weighted by atomic mass is 16.5. The molecule has 0 aliphatic rings. The van der Waals surface area contributed by atoms with Crippen molar-refractivity contribution < 1.29 is 19.1 Å². The molecule has 76 valence electrons. The molecule has 0 aliphatic heterocycles. The molecule has 0 radical (unpaired) electrons. The van der Waals surface area contributed by atoms with Crippen LogP contribution in [-0.2, 0) is 16.1 Å². The van der Waals surface area contributed by atoms with Crippen molar-refractivity contribution in [2.45, 2.75) is 13.5 Å². The Bertz CT molecular complexity index is 332. The number of rotatable bonds is 5. The van der Waals surface area contributed by atoms with E-state index in [-0.39, 0.29) is 12.5 Å². The summed E-state index contributed by atoms with van der Waals surface area (Å²) in [6.07, 6.45) is 2.16. The Hall–Kier alpha value is -1.69. The fourth-order valence-electron chi connectivity index (χ4n) is 0.724. The molecule has 6 heteroatoms. The molecular weight excluding hydrogens is 188 g/mol. The van der Waals surface area contributed by atoms with Gasteiger partial charge in [-0.2, -0.15) is 0 Å². The number of aromatic nitrogens is 2. The number of hydrogen-bond donors (Lipinski definition) is 1. The van der Waals surface area contributed by atoms with E-state index in [0.717, 1.165) is 6.08 Å². The van der Waals surface area contributed by atoms with Gasteiger partial charge in [-0.1, -0.05) is 0 Å². The molecule has 1 N–H and O–H groups in total. The fourth-order valence-corrected chi connectivity index (χ4v) is 0.724. The lowest BCUT2D eigenvalue weighted by Crippen LogP contribution is -1.91. The molecule has 0 unspecified atom stereocenters. The van der Waals surface area contributed by atoms with E-state index >= 15 is 0 Å². The first-order valence-electron chi connectivity index (χ1n) is 4.03. The highest BCUT2D eigenvalue weighted by molar-refractivity contribution is 5.84. The summed E-state index contributed by atoms with van der Waals surface area (Å²) in [4.78, 5) is 10.2. The van der Waals surface area contributed by atoms with Crippen LogP contribution in [0, 0.1) is 0 Å². The van der Waals surface area contributed by atoms with Gasteiger partial charge in [0, 0.05) is 18.8 Å². The highest BCUT2D eigenvalue weighted by Gasteiger charge is 2.02. The topological polar surface area (TPSA) is 85.5 Å². The number of nitrogens with zero attached hydrogens (tertiary/aromatic N) is 2. The SMILES string of the molecule is CCOCc1nnc(/C=C/C(=O)O)o1. The Balaban J connectivity index is 2.54. The van der Waals surface area contributed by atoms with Crippen LogP contribution in [0.2, 0.25) is 0 Å².